The Kier molecular flexibility index (Phi) is 7.75. The molecule has 0 fully saturated rings. The summed E-state index contributed by atoms with van der Waals surface area (Å²) in [6, 6.07) is 80.9. The molecule has 0 unspecified atom stereocenters. The van der Waals surface area contributed by atoms with Gasteiger partial charge in [-0.05, 0) is 110 Å². The zero-order chi connectivity index (χ0) is 37.8. The molecule has 268 valence electrons. The van der Waals surface area contributed by atoms with Crippen LogP contribution in [0.5, 0.6) is 11.5 Å². The molecule has 2 nitrogen and oxygen atoms in total. The zero-order valence-corrected chi connectivity index (χ0v) is 31.2. The minimum atomic E-state index is -0.498. The van der Waals surface area contributed by atoms with Crippen molar-refractivity contribution in [2.45, 2.75) is 5.41 Å². The van der Waals surface area contributed by atoms with E-state index in [-0.39, 0.29) is 0 Å². The second-order valence-corrected chi connectivity index (χ2v) is 14.9. The first-order valence-corrected chi connectivity index (χ1v) is 19.6. The Hall–Kier alpha value is -7.42. The van der Waals surface area contributed by atoms with E-state index in [1.165, 1.54) is 55.6 Å². The van der Waals surface area contributed by atoms with E-state index in [1.807, 2.05) is 0 Å². The Morgan fingerprint density at radius 3 is 1.16 bits per heavy atom. The lowest BCUT2D eigenvalue weighted by molar-refractivity contribution is 0.436. The zero-order valence-electron chi connectivity index (χ0n) is 31.2. The van der Waals surface area contributed by atoms with Gasteiger partial charge < -0.3 is 9.64 Å². The van der Waals surface area contributed by atoms with Crippen molar-refractivity contribution in [3.63, 3.8) is 0 Å². The Bertz CT molecular complexity index is 2770. The van der Waals surface area contributed by atoms with Crippen molar-refractivity contribution in [1.29, 1.82) is 0 Å². The number of fused-ring (bicyclic) bond motifs is 9. The summed E-state index contributed by atoms with van der Waals surface area (Å²) in [5, 5.41) is 0. The second-order valence-electron chi connectivity index (χ2n) is 14.9. The first-order chi connectivity index (χ1) is 28.3. The smallest absolute Gasteiger partial charge is 0.132 e. The molecule has 1 aliphatic heterocycles. The third-order valence-electron chi connectivity index (χ3n) is 11.8. The topological polar surface area (TPSA) is 12.5 Å². The number of hydrogen-bond acceptors (Lipinski definition) is 2. The SMILES string of the molecule is c1ccc(-c2ccc(N(c3ccc(-c4ccccc4)cc3)c3ccc(-c4ccc5c(c4)C4(c6ccccc6O5)c5ccccc5-c5ccccc54)cc3)cc2)cc1. The van der Waals surface area contributed by atoms with Crippen molar-refractivity contribution in [2.24, 2.45) is 0 Å². The van der Waals surface area contributed by atoms with E-state index >= 15 is 0 Å². The van der Waals surface area contributed by atoms with Gasteiger partial charge in [0.1, 0.15) is 11.5 Å². The maximum absolute atomic E-state index is 6.70. The molecule has 0 aromatic heterocycles. The largest absolute Gasteiger partial charge is 0.457 e. The van der Waals surface area contributed by atoms with E-state index in [1.54, 1.807) is 0 Å². The molecule has 0 saturated carbocycles. The first kappa shape index (κ1) is 33.0. The quantitative estimate of drug-likeness (QED) is 0.169. The molecule has 9 aromatic carbocycles. The molecule has 0 bridgehead atoms. The lowest BCUT2D eigenvalue weighted by atomic mass is 9.66. The van der Waals surface area contributed by atoms with Crippen LogP contribution in [0, 0.1) is 0 Å². The van der Waals surface area contributed by atoms with Crippen LogP contribution < -0.4 is 9.64 Å². The summed E-state index contributed by atoms with van der Waals surface area (Å²) in [4.78, 5) is 2.34. The predicted molar refractivity (Wildman–Crippen MR) is 235 cm³/mol. The minimum absolute atomic E-state index is 0.498. The summed E-state index contributed by atoms with van der Waals surface area (Å²) in [6.45, 7) is 0. The summed E-state index contributed by atoms with van der Waals surface area (Å²) < 4.78 is 6.70. The predicted octanol–water partition coefficient (Wildman–Crippen LogP) is 14.6. The van der Waals surface area contributed by atoms with Gasteiger partial charge >= 0.3 is 0 Å². The summed E-state index contributed by atoms with van der Waals surface area (Å²) >= 11 is 0. The molecular weight excluding hydrogens is 691 g/mol. The van der Waals surface area contributed by atoms with Crippen molar-refractivity contribution in [3.05, 3.63) is 247 Å². The van der Waals surface area contributed by atoms with Crippen LogP contribution in [0.1, 0.15) is 22.3 Å². The van der Waals surface area contributed by atoms with Crippen LogP contribution in [0.3, 0.4) is 0 Å². The molecular formula is C55H37NO. The van der Waals surface area contributed by atoms with Crippen molar-refractivity contribution < 1.29 is 4.74 Å². The van der Waals surface area contributed by atoms with E-state index in [0.717, 1.165) is 39.7 Å². The molecule has 0 amide bonds. The van der Waals surface area contributed by atoms with Gasteiger partial charge in [-0.3, -0.25) is 0 Å². The highest BCUT2D eigenvalue weighted by Gasteiger charge is 2.51. The fraction of sp³-hybridized carbons (Fsp3) is 0.0182. The van der Waals surface area contributed by atoms with Gasteiger partial charge in [0.25, 0.3) is 0 Å². The number of nitrogens with zero attached hydrogens (tertiary/aromatic N) is 1. The molecule has 1 heterocycles. The Balaban J connectivity index is 1.01. The second kappa shape index (κ2) is 13.4. The van der Waals surface area contributed by atoms with Crippen LogP contribution in [0.2, 0.25) is 0 Å². The minimum Gasteiger partial charge on any atom is -0.457 e. The highest BCUT2D eigenvalue weighted by atomic mass is 16.5. The molecule has 9 aromatic rings. The standard InChI is InChI=1S/C55H37NO/c1-3-13-38(14-4-1)40-23-30-44(31-24-40)56(45-32-25-41(26-33-45)39-15-5-2-6-16-39)46-34-27-42(28-35-46)43-29-36-54-52(37-43)55(51-21-11-12-22-53(51)57-54)49-19-9-7-17-47(49)48-18-8-10-20-50(48)55/h1-37H. The molecule has 0 saturated heterocycles. The number of benzene rings is 9. The normalized spacial score (nSPS) is 12.8. The monoisotopic (exact) mass is 727 g/mol. The van der Waals surface area contributed by atoms with Gasteiger partial charge in [-0.25, -0.2) is 0 Å². The highest BCUT2D eigenvalue weighted by molar-refractivity contribution is 5.89. The lowest BCUT2D eigenvalue weighted by Crippen LogP contribution is -2.32. The van der Waals surface area contributed by atoms with E-state index in [0.29, 0.717) is 0 Å². The number of para-hydroxylation sites is 1. The Morgan fingerprint density at radius 1 is 0.281 bits per heavy atom. The molecule has 57 heavy (non-hydrogen) atoms. The van der Waals surface area contributed by atoms with Gasteiger partial charge in [-0.1, -0.05) is 170 Å². The average Bonchev–Trinajstić information content (AvgIpc) is 3.58. The van der Waals surface area contributed by atoms with Gasteiger partial charge in [0.15, 0.2) is 0 Å². The highest BCUT2D eigenvalue weighted by Crippen LogP contribution is 2.62. The summed E-state index contributed by atoms with van der Waals surface area (Å²) in [6.07, 6.45) is 0. The van der Waals surface area contributed by atoms with E-state index in [4.69, 9.17) is 4.74 Å². The third-order valence-corrected chi connectivity index (χ3v) is 11.8. The Labute approximate surface area is 333 Å². The molecule has 1 spiro atoms. The number of hydrogen-bond donors (Lipinski definition) is 0. The van der Waals surface area contributed by atoms with Gasteiger partial charge in [-0.15, -0.1) is 0 Å². The van der Waals surface area contributed by atoms with Crippen LogP contribution in [0.25, 0.3) is 44.5 Å². The summed E-state index contributed by atoms with van der Waals surface area (Å²) in [5.41, 5.74) is 17.4. The maximum Gasteiger partial charge on any atom is 0.132 e. The van der Waals surface area contributed by atoms with Crippen molar-refractivity contribution in [1.82, 2.24) is 0 Å². The van der Waals surface area contributed by atoms with Gasteiger partial charge in [0, 0.05) is 28.2 Å². The van der Waals surface area contributed by atoms with Crippen LogP contribution in [0.4, 0.5) is 17.1 Å². The van der Waals surface area contributed by atoms with E-state index in [2.05, 4.69) is 229 Å². The fourth-order valence-electron chi connectivity index (χ4n) is 9.15. The van der Waals surface area contributed by atoms with Gasteiger partial charge in [-0.2, -0.15) is 0 Å². The molecule has 2 heteroatoms. The fourth-order valence-corrected chi connectivity index (χ4v) is 9.15. The molecule has 0 N–H and O–H groups in total. The average molecular weight is 728 g/mol. The van der Waals surface area contributed by atoms with E-state index in [9.17, 15) is 0 Å². The molecule has 11 rings (SSSR count). The molecule has 0 atom stereocenters. The first-order valence-electron chi connectivity index (χ1n) is 19.6. The summed E-state index contributed by atoms with van der Waals surface area (Å²) in [7, 11) is 0. The van der Waals surface area contributed by atoms with Crippen molar-refractivity contribution in [3.8, 4) is 56.0 Å². The van der Waals surface area contributed by atoms with Crippen molar-refractivity contribution >= 4 is 17.1 Å². The molecule has 1 aliphatic carbocycles. The number of anilines is 3. The van der Waals surface area contributed by atoms with Crippen molar-refractivity contribution in [2.75, 3.05) is 4.90 Å². The lowest BCUT2D eigenvalue weighted by Gasteiger charge is -2.39. The van der Waals surface area contributed by atoms with Crippen LogP contribution in [-0.2, 0) is 5.41 Å². The van der Waals surface area contributed by atoms with Crippen LogP contribution in [-0.4, -0.2) is 0 Å². The number of ether oxygens (including phenoxy) is 1. The Morgan fingerprint density at radius 2 is 0.649 bits per heavy atom. The van der Waals surface area contributed by atoms with Gasteiger partial charge in [0.05, 0.1) is 5.41 Å². The van der Waals surface area contributed by atoms with Crippen LogP contribution >= 0.6 is 0 Å². The molecule has 0 radical (unpaired) electrons. The summed E-state index contributed by atoms with van der Waals surface area (Å²) in [5.74, 6) is 1.80. The van der Waals surface area contributed by atoms with E-state index < -0.39 is 5.41 Å². The number of rotatable bonds is 6. The maximum atomic E-state index is 6.70. The molecule has 2 aliphatic rings. The van der Waals surface area contributed by atoms with Crippen LogP contribution in [0.15, 0.2) is 224 Å². The van der Waals surface area contributed by atoms with Gasteiger partial charge in [0.2, 0.25) is 0 Å². The third kappa shape index (κ3) is 5.33.